The summed E-state index contributed by atoms with van der Waals surface area (Å²) in [5, 5.41) is 24.3. The third-order valence-electron chi connectivity index (χ3n) is 4.63. The number of halogens is 1. The fourth-order valence-electron chi connectivity index (χ4n) is 3.24. The molecule has 1 heterocycles. The van der Waals surface area contributed by atoms with Crippen molar-refractivity contribution >= 4 is 17.3 Å². The van der Waals surface area contributed by atoms with Crippen molar-refractivity contribution in [3.05, 3.63) is 57.9 Å². The zero-order chi connectivity index (χ0) is 22.5. The van der Waals surface area contributed by atoms with Crippen LogP contribution in [0.4, 0.5) is 15.8 Å². The van der Waals surface area contributed by atoms with Gasteiger partial charge in [0.1, 0.15) is 11.5 Å². The molecule has 0 unspecified atom stereocenters. The van der Waals surface area contributed by atoms with Crippen molar-refractivity contribution in [2.45, 2.75) is 26.7 Å². The smallest absolute Gasteiger partial charge is 0.338 e. The first kappa shape index (κ1) is 21.9. The molecule has 0 spiro atoms. The summed E-state index contributed by atoms with van der Waals surface area (Å²) in [5.74, 6) is -2.10. The van der Waals surface area contributed by atoms with Crippen molar-refractivity contribution in [1.29, 1.82) is 0 Å². The summed E-state index contributed by atoms with van der Waals surface area (Å²) in [6, 6.07) is 8.07. The van der Waals surface area contributed by atoms with Gasteiger partial charge in [-0.05, 0) is 43.2 Å². The Morgan fingerprint density at radius 1 is 1.16 bits per heavy atom. The molecule has 0 aliphatic heterocycles. The monoisotopic (exact) mass is 428 g/mol. The first-order chi connectivity index (χ1) is 14.8. The number of benzene rings is 2. The van der Waals surface area contributed by atoms with Gasteiger partial charge in [-0.2, -0.15) is 4.98 Å². The molecule has 0 aliphatic carbocycles. The van der Waals surface area contributed by atoms with E-state index in [2.05, 4.69) is 10.1 Å². The van der Waals surface area contributed by atoms with Crippen LogP contribution in [0.15, 0.2) is 40.9 Å². The Bertz CT molecular complexity index is 1110. The average Bonchev–Trinajstić information content (AvgIpc) is 3.23. The van der Waals surface area contributed by atoms with Gasteiger partial charge in [0.25, 0.3) is 11.6 Å². The molecule has 0 amide bonds. The number of anilines is 1. The number of nitro benzene ring substituents is 1. The number of aromatic nitrogens is 2. The van der Waals surface area contributed by atoms with Crippen molar-refractivity contribution in [2.24, 2.45) is 0 Å². The molecule has 0 atom stereocenters. The highest BCUT2D eigenvalue weighted by atomic mass is 19.1. The predicted molar refractivity (Wildman–Crippen MR) is 112 cm³/mol. The SMILES string of the molecule is CCCN(CCC)c1cc(-c2nc(-c3ccc(C(=O)O)c(F)c3)no2)ccc1[N+](=O)[O-]. The summed E-state index contributed by atoms with van der Waals surface area (Å²) < 4.78 is 19.3. The van der Waals surface area contributed by atoms with Gasteiger partial charge < -0.3 is 14.5 Å². The number of hydrogen-bond acceptors (Lipinski definition) is 7. The molecule has 0 saturated heterocycles. The quantitative estimate of drug-likeness (QED) is 0.382. The molecule has 0 fully saturated rings. The minimum Gasteiger partial charge on any atom is -0.478 e. The van der Waals surface area contributed by atoms with E-state index in [1.54, 1.807) is 6.07 Å². The molecule has 2 aromatic carbocycles. The van der Waals surface area contributed by atoms with E-state index in [0.29, 0.717) is 24.3 Å². The van der Waals surface area contributed by atoms with E-state index < -0.39 is 22.3 Å². The molecule has 162 valence electrons. The number of hydrogen-bond donors (Lipinski definition) is 1. The highest BCUT2D eigenvalue weighted by Crippen LogP contribution is 2.34. The molecule has 0 aliphatic rings. The molecule has 0 radical (unpaired) electrons. The summed E-state index contributed by atoms with van der Waals surface area (Å²) >= 11 is 0. The lowest BCUT2D eigenvalue weighted by Gasteiger charge is -2.23. The summed E-state index contributed by atoms with van der Waals surface area (Å²) in [6.45, 7) is 5.31. The van der Waals surface area contributed by atoms with Gasteiger partial charge in [0.2, 0.25) is 5.82 Å². The van der Waals surface area contributed by atoms with Gasteiger partial charge in [0.15, 0.2) is 0 Å². The van der Waals surface area contributed by atoms with Crippen LogP contribution in [0.1, 0.15) is 37.0 Å². The normalized spacial score (nSPS) is 10.8. The molecule has 3 rings (SSSR count). The number of nitrogens with zero attached hydrogens (tertiary/aromatic N) is 4. The van der Waals surface area contributed by atoms with E-state index in [0.717, 1.165) is 25.0 Å². The van der Waals surface area contributed by atoms with Gasteiger partial charge in [-0.1, -0.05) is 19.0 Å². The maximum Gasteiger partial charge on any atom is 0.338 e. The molecule has 0 bridgehead atoms. The van der Waals surface area contributed by atoms with Crippen molar-refractivity contribution in [3.63, 3.8) is 0 Å². The van der Waals surface area contributed by atoms with Gasteiger partial charge in [0, 0.05) is 30.3 Å². The van der Waals surface area contributed by atoms with Crippen LogP contribution >= 0.6 is 0 Å². The van der Waals surface area contributed by atoms with Crippen molar-refractivity contribution in [2.75, 3.05) is 18.0 Å². The Morgan fingerprint density at radius 2 is 1.84 bits per heavy atom. The summed E-state index contributed by atoms with van der Waals surface area (Å²) in [4.78, 5) is 28.3. The highest BCUT2D eigenvalue weighted by molar-refractivity contribution is 5.88. The van der Waals surface area contributed by atoms with Crippen LogP contribution in [0.2, 0.25) is 0 Å². The van der Waals surface area contributed by atoms with Crippen molar-refractivity contribution < 1.29 is 23.7 Å². The van der Waals surface area contributed by atoms with E-state index in [9.17, 15) is 19.3 Å². The molecule has 1 N–H and O–H groups in total. The Morgan fingerprint density at radius 3 is 2.42 bits per heavy atom. The van der Waals surface area contributed by atoms with Crippen LogP contribution in [0.5, 0.6) is 0 Å². The van der Waals surface area contributed by atoms with Crippen LogP contribution in [0.3, 0.4) is 0 Å². The third-order valence-corrected chi connectivity index (χ3v) is 4.63. The van der Waals surface area contributed by atoms with E-state index in [1.807, 2.05) is 18.7 Å². The van der Waals surface area contributed by atoms with Crippen LogP contribution in [-0.4, -0.2) is 39.2 Å². The largest absolute Gasteiger partial charge is 0.478 e. The van der Waals surface area contributed by atoms with Gasteiger partial charge >= 0.3 is 5.97 Å². The van der Waals surface area contributed by atoms with Gasteiger partial charge in [0.05, 0.1) is 10.5 Å². The Kier molecular flexibility index (Phi) is 6.58. The average molecular weight is 428 g/mol. The molecule has 1 aromatic heterocycles. The molecule has 9 nitrogen and oxygen atoms in total. The summed E-state index contributed by atoms with van der Waals surface area (Å²) in [7, 11) is 0. The zero-order valence-electron chi connectivity index (χ0n) is 17.0. The van der Waals surface area contributed by atoms with Crippen LogP contribution in [-0.2, 0) is 0 Å². The first-order valence-corrected chi connectivity index (χ1v) is 9.76. The second-order valence-corrected chi connectivity index (χ2v) is 6.87. The lowest BCUT2D eigenvalue weighted by Crippen LogP contribution is -2.25. The highest BCUT2D eigenvalue weighted by Gasteiger charge is 2.22. The summed E-state index contributed by atoms with van der Waals surface area (Å²) in [6.07, 6.45) is 1.65. The number of nitro groups is 1. The number of aromatic carboxylic acids is 1. The Hall–Kier alpha value is -3.82. The van der Waals surface area contributed by atoms with E-state index >= 15 is 0 Å². The fourth-order valence-corrected chi connectivity index (χ4v) is 3.24. The fraction of sp³-hybridized carbons (Fsp3) is 0.286. The summed E-state index contributed by atoms with van der Waals surface area (Å²) in [5.41, 5.74) is 0.719. The molecular formula is C21H21FN4O5. The van der Waals surface area contributed by atoms with Gasteiger partial charge in [-0.25, -0.2) is 9.18 Å². The molecular weight excluding hydrogens is 407 g/mol. The van der Waals surface area contributed by atoms with Crippen molar-refractivity contribution in [3.8, 4) is 22.8 Å². The number of carboxylic acid groups (broad SMARTS) is 1. The van der Waals surface area contributed by atoms with Crippen LogP contribution in [0, 0.1) is 15.9 Å². The molecule has 0 saturated carbocycles. The molecule has 31 heavy (non-hydrogen) atoms. The van der Waals surface area contributed by atoms with E-state index in [1.165, 1.54) is 18.2 Å². The van der Waals surface area contributed by atoms with Gasteiger partial charge in [-0.15, -0.1) is 0 Å². The second-order valence-electron chi connectivity index (χ2n) is 6.87. The molecule has 3 aromatic rings. The number of carbonyl (C=O) groups is 1. The second kappa shape index (κ2) is 9.33. The standard InChI is InChI=1S/C21H21FN4O5/c1-3-9-25(10-4-2)18-12-14(6-8-17(18)26(29)30)20-23-19(24-31-20)13-5-7-15(21(27)28)16(22)11-13/h5-8,11-12H,3-4,9-10H2,1-2H3,(H,27,28). The predicted octanol–water partition coefficient (Wildman–Crippen LogP) is 4.78. The Balaban J connectivity index is 2.00. The number of rotatable bonds is 9. The maximum absolute atomic E-state index is 14.0. The van der Waals surface area contributed by atoms with E-state index in [-0.39, 0.29) is 23.0 Å². The lowest BCUT2D eigenvalue weighted by molar-refractivity contribution is -0.384. The number of carboxylic acids is 1. The first-order valence-electron chi connectivity index (χ1n) is 9.76. The minimum atomic E-state index is -1.38. The minimum absolute atomic E-state index is 0.0169. The van der Waals surface area contributed by atoms with Crippen molar-refractivity contribution in [1.82, 2.24) is 10.1 Å². The lowest BCUT2D eigenvalue weighted by atomic mass is 10.1. The Labute approximate surface area is 177 Å². The zero-order valence-corrected chi connectivity index (χ0v) is 17.0. The third kappa shape index (κ3) is 4.68. The van der Waals surface area contributed by atoms with Gasteiger partial charge in [-0.3, -0.25) is 10.1 Å². The topological polar surface area (TPSA) is 123 Å². The van der Waals surface area contributed by atoms with Crippen LogP contribution in [0.25, 0.3) is 22.8 Å². The maximum atomic E-state index is 14.0. The van der Waals surface area contributed by atoms with E-state index in [4.69, 9.17) is 9.63 Å². The molecule has 10 heteroatoms. The van der Waals surface area contributed by atoms with Crippen LogP contribution < -0.4 is 4.90 Å².